The molecule has 1 saturated carbocycles. The summed E-state index contributed by atoms with van der Waals surface area (Å²) in [5, 5.41) is 0. The van der Waals surface area contributed by atoms with Crippen LogP contribution in [0.15, 0.2) is 42.7 Å². The lowest BCUT2D eigenvalue weighted by Crippen LogP contribution is -2.16. The predicted molar refractivity (Wildman–Crippen MR) is 95.0 cm³/mol. The summed E-state index contributed by atoms with van der Waals surface area (Å²) in [7, 11) is 0. The van der Waals surface area contributed by atoms with Crippen LogP contribution in [-0.2, 0) is 4.79 Å². The van der Waals surface area contributed by atoms with Crippen LogP contribution in [0.3, 0.4) is 0 Å². The van der Waals surface area contributed by atoms with Crippen molar-refractivity contribution in [3.63, 3.8) is 0 Å². The van der Waals surface area contributed by atoms with E-state index in [1.54, 1.807) is 24.4 Å². The zero-order valence-corrected chi connectivity index (χ0v) is 14.1. The van der Waals surface area contributed by atoms with Crippen LogP contribution in [0.4, 0.5) is 0 Å². The van der Waals surface area contributed by atoms with Crippen molar-refractivity contribution in [2.45, 2.75) is 38.5 Å². The van der Waals surface area contributed by atoms with E-state index in [1.807, 2.05) is 12.1 Å². The monoisotopic (exact) mass is 338 g/mol. The van der Waals surface area contributed by atoms with E-state index in [-0.39, 0.29) is 5.97 Å². The molecular formula is C20H22N2O3. The van der Waals surface area contributed by atoms with Crippen LogP contribution in [0, 0.1) is 5.92 Å². The van der Waals surface area contributed by atoms with E-state index in [1.165, 1.54) is 25.5 Å². The summed E-state index contributed by atoms with van der Waals surface area (Å²) in [5.41, 5.74) is 7.31. The number of nitrogens with two attached hydrogens (primary N) is 1. The number of primary amides is 1. The fourth-order valence-corrected chi connectivity index (χ4v) is 3.25. The topological polar surface area (TPSA) is 82.3 Å². The Morgan fingerprint density at radius 2 is 1.76 bits per heavy atom. The molecule has 25 heavy (non-hydrogen) atoms. The average molecular weight is 338 g/mol. The van der Waals surface area contributed by atoms with E-state index in [4.69, 9.17) is 10.5 Å². The number of aromatic nitrogens is 1. The van der Waals surface area contributed by atoms with E-state index in [0.29, 0.717) is 23.7 Å². The molecule has 1 heterocycles. The summed E-state index contributed by atoms with van der Waals surface area (Å²) in [6, 6.07) is 8.88. The molecule has 1 fully saturated rings. The Morgan fingerprint density at radius 3 is 2.44 bits per heavy atom. The van der Waals surface area contributed by atoms with Gasteiger partial charge in [-0.25, -0.2) is 0 Å². The average Bonchev–Trinajstić information content (AvgIpc) is 2.63. The number of rotatable bonds is 5. The van der Waals surface area contributed by atoms with Crippen molar-refractivity contribution in [3.8, 4) is 16.9 Å². The normalized spacial score (nSPS) is 14.9. The lowest BCUT2D eigenvalue weighted by atomic mass is 9.87. The third-order valence-corrected chi connectivity index (χ3v) is 4.62. The van der Waals surface area contributed by atoms with Gasteiger partial charge in [-0.05, 0) is 42.5 Å². The van der Waals surface area contributed by atoms with Crippen molar-refractivity contribution < 1.29 is 14.3 Å². The highest BCUT2D eigenvalue weighted by atomic mass is 16.5. The molecule has 0 saturated heterocycles. The summed E-state index contributed by atoms with van der Waals surface area (Å²) in [5.74, 6) is 0.311. The molecule has 0 bridgehead atoms. The van der Waals surface area contributed by atoms with Crippen LogP contribution in [0.5, 0.6) is 5.75 Å². The van der Waals surface area contributed by atoms with Crippen LogP contribution >= 0.6 is 0 Å². The molecule has 1 aliphatic carbocycles. The predicted octanol–water partition coefficient (Wildman–Crippen LogP) is 3.72. The first-order valence-corrected chi connectivity index (χ1v) is 8.68. The Bertz CT molecular complexity index is 750. The second-order valence-electron chi connectivity index (χ2n) is 6.53. The number of esters is 1. The number of pyridine rings is 1. The number of ether oxygens (including phenoxy) is 1. The van der Waals surface area contributed by atoms with Crippen LogP contribution in [0.2, 0.25) is 0 Å². The highest BCUT2D eigenvalue weighted by molar-refractivity contribution is 5.93. The van der Waals surface area contributed by atoms with E-state index in [9.17, 15) is 9.59 Å². The lowest BCUT2D eigenvalue weighted by Gasteiger charge is -2.20. The molecule has 5 heteroatoms. The third-order valence-electron chi connectivity index (χ3n) is 4.62. The SMILES string of the molecule is NC(=O)c1cncc(-c2ccc(OC(=O)CC3CCCCC3)cc2)c1. The molecule has 1 aromatic heterocycles. The molecule has 1 aromatic carbocycles. The van der Waals surface area contributed by atoms with Gasteiger partial charge < -0.3 is 10.5 Å². The Hall–Kier alpha value is -2.69. The van der Waals surface area contributed by atoms with E-state index >= 15 is 0 Å². The summed E-state index contributed by atoms with van der Waals surface area (Å²) in [6.45, 7) is 0. The van der Waals surface area contributed by atoms with Crippen molar-refractivity contribution in [3.05, 3.63) is 48.3 Å². The minimum Gasteiger partial charge on any atom is -0.427 e. The van der Waals surface area contributed by atoms with Gasteiger partial charge in [0.05, 0.1) is 5.56 Å². The summed E-state index contributed by atoms with van der Waals surface area (Å²) >= 11 is 0. The van der Waals surface area contributed by atoms with Crippen LogP contribution in [-0.4, -0.2) is 16.9 Å². The van der Waals surface area contributed by atoms with E-state index in [0.717, 1.165) is 24.0 Å². The van der Waals surface area contributed by atoms with Gasteiger partial charge in [-0.3, -0.25) is 14.6 Å². The molecule has 2 aromatic rings. The molecule has 2 N–H and O–H groups in total. The molecule has 130 valence electrons. The largest absolute Gasteiger partial charge is 0.427 e. The van der Waals surface area contributed by atoms with E-state index in [2.05, 4.69) is 4.98 Å². The molecule has 0 atom stereocenters. The van der Waals surface area contributed by atoms with Crippen molar-refractivity contribution in [1.29, 1.82) is 0 Å². The summed E-state index contributed by atoms with van der Waals surface area (Å²) in [4.78, 5) is 27.4. The number of hydrogen-bond donors (Lipinski definition) is 1. The maximum absolute atomic E-state index is 12.1. The molecule has 0 radical (unpaired) electrons. The number of carbonyl (C=O) groups is 2. The number of benzene rings is 1. The van der Waals surface area contributed by atoms with Crippen LogP contribution < -0.4 is 10.5 Å². The van der Waals surface area contributed by atoms with Gasteiger partial charge in [-0.2, -0.15) is 0 Å². The first-order valence-electron chi connectivity index (χ1n) is 8.68. The van der Waals surface area contributed by atoms with Crippen molar-refractivity contribution >= 4 is 11.9 Å². The second kappa shape index (κ2) is 7.92. The number of carbonyl (C=O) groups excluding carboxylic acids is 2. The molecular weight excluding hydrogens is 316 g/mol. The molecule has 1 amide bonds. The van der Waals surface area contributed by atoms with Crippen LogP contribution in [0.25, 0.3) is 11.1 Å². The highest BCUT2D eigenvalue weighted by Gasteiger charge is 2.18. The van der Waals surface area contributed by atoms with Gasteiger partial charge >= 0.3 is 5.97 Å². The maximum Gasteiger partial charge on any atom is 0.311 e. The number of hydrogen-bond acceptors (Lipinski definition) is 4. The first-order chi connectivity index (χ1) is 12.1. The molecule has 0 spiro atoms. The number of nitrogens with zero attached hydrogens (tertiary/aromatic N) is 1. The fourth-order valence-electron chi connectivity index (χ4n) is 3.25. The van der Waals surface area contributed by atoms with E-state index < -0.39 is 5.91 Å². The molecule has 1 aliphatic rings. The van der Waals surface area contributed by atoms with Crippen molar-refractivity contribution in [2.75, 3.05) is 0 Å². The standard InChI is InChI=1S/C20H22N2O3/c21-20(24)17-11-16(12-22-13-17)15-6-8-18(9-7-15)25-19(23)10-14-4-2-1-3-5-14/h6-9,11-14H,1-5,10H2,(H2,21,24). The Kier molecular flexibility index (Phi) is 5.43. The van der Waals surface area contributed by atoms with Gasteiger partial charge in [0.15, 0.2) is 0 Å². The van der Waals surface area contributed by atoms with Crippen molar-refractivity contribution in [1.82, 2.24) is 4.98 Å². The Balaban J connectivity index is 1.63. The van der Waals surface area contributed by atoms with Crippen LogP contribution in [0.1, 0.15) is 48.9 Å². The third kappa shape index (κ3) is 4.66. The Morgan fingerprint density at radius 1 is 1.04 bits per heavy atom. The minimum absolute atomic E-state index is 0.169. The molecule has 0 aliphatic heterocycles. The van der Waals surface area contributed by atoms with Gasteiger partial charge in [0.1, 0.15) is 5.75 Å². The zero-order valence-electron chi connectivity index (χ0n) is 14.1. The highest BCUT2D eigenvalue weighted by Crippen LogP contribution is 2.27. The zero-order chi connectivity index (χ0) is 17.6. The van der Waals surface area contributed by atoms with Gasteiger partial charge in [-0.1, -0.05) is 31.4 Å². The van der Waals surface area contributed by atoms with Gasteiger partial charge in [0, 0.05) is 24.4 Å². The molecule has 0 unspecified atom stereocenters. The molecule has 3 rings (SSSR count). The smallest absolute Gasteiger partial charge is 0.311 e. The summed E-state index contributed by atoms with van der Waals surface area (Å²) < 4.78 is 5.44. The van der Waals surface area contributed by atoms with Gasteiger partial charge in [0.2, 0.25) is 5.91 Å². The molecule has 5 nitrogen and oxygen atoms in total. The van der Waals surface area contributed by atoms with Gasteiger partial charge in [0.25, 0.3) is 0 Å². The number of amides is 1. The van der Waals surface area contributed by atoms with Crippen molar-refractivity contribution in [2.24, 2.45) is 11.7 Å². The van der Waals surface area contributed by atoms with Gasteiger partial charge in [-0.15, -0.1) is 0 Å². The Labute approximate surface area is 147 Å². The fraction of sp³-hybridized carbons (Fsp3) is 0.350. The maximum atomic E-state index is 12.1. The minimum atomic E-state index is -0.511. The second-order valence-corrected chi connectivity index (χ2v) is 6.53. The first kappa shape index (κ1) is 17.1. The lowest BCUT2D eigenvalue weighted by molar-refractivity contribution is -0.135. The quantitative estimate of drug-likeness (QED) is 0.665. The summed E-state index contributed by atoms with van der Waals surface area (Å²) in [6.07, 6.45) is 9.54.